The molecular weight excluding hydrogens is 150 g/mol. The summed E-state index contributed by atoms with van der Waals surface area (Å²) >= 11 is 0. The zero-order valence-electron chi connectivity index (χ0n) is 8.21. The lowest BCUT2D eigenvalue weighted by molar-refractivity contribution is 0.1000. The highest BCUT2D eigenvalue weighted by molar-refractivity contribution is 4.74. The van der Waals surface area contributed by atoms with Gasteiger partial charge in [-0.1, -0.05) is 20.3 Å². The van der Waals surface area contributed by atoms with E-state index in [1.165, 1.54) is 12.8 Å². The van der Waals surface area contributed by atoms with Gasteiger partial charge in [0.25, 0.3) is 0 Å². The van der Waals surface area contributed by atoms with Crippen LogP contribution in [0.3, 0.4) is 0 Å². The molecule has 1 saturated carbocycles. The summed E-state index contributed by atoms with van der Waals surface area (Å²) < 4.78 is 0. The van der Waals surface area contributed by atoms with Crippen LogP contribution in [-0.2, 0) is 0 Å². The number of nitrogens with one attached hydrogen (secondary N) is 1. The molecule has 12 heavy (non-hydrogen) atoms. The summed E-state index contributed by atoms with van der Waals surface area (Å²) in [7, 11) is 0. The standard InChI is InChI=1S/C10H21NO/c1-8(2)11-7-9-4-3-5-10(12)6-9/h8-12H,3-7H2,1-2H3. The van der Waals surface area contributed by atoms with Crippen molar-refractivity contribution in [2.75, 3.05) is 6.54 Å². The number of rotatable bonds is 3. The average molecular weight is 171 g/mol. The molecule has 2 heteroatoms. The van der Waals surface area contributed by atoms with E-state index in [1.807, 2.05) is 0 Å². The Morgan fingerprint density at radius 3 is 2.75 bits per heavy atom. The minimum absolute atomic E-state index is 0.0299. The molecule has 0 aliphatic heterocycles. The van der Waals surface area contributed by atoms with Crippen LogP contribution in [0.15, 0.2) is 0 Å². The fourth-order valence-corrected chi connectivity index (χ4v) is 1.85. The Balaban J connectivity index is 2.14. The Hall–Kier alpha value is -0.0800. The van der Waals surface area contributed by atoms with Gasteiger partial charge in [0.1, 0.15) is 0 Å². The highest BCUT2D eigenvalue weighted by Crippen LogP contribution is 2.23. The Labute approximate surface area is 75.4 Å². The molecule has 2 unspecified atom stereocenters. The van der Waals surface area contributed by atoms with Gasteiger partial charge < -0.3 is 10.4 Å². The van der Waals surface area contributed by atoms with Gasteiger partial charge in [-0.2, -0.15) is 0 Å². The molecule has 1 fully saturated rings. The van der Waals surface area contributed by atoms with E-state index in [0.29, 0.717) is 12.0 Å². The van der Waals surface area contributed by atoms with Crippen molar-refractivity contribution in [1.82, 2.24) is 5.32 Å². The quantitative estimate of drug-likeness (QED) is 0.675. The first-order chi connectivity index (χ1) is 5.68. The average Bonchev–Trinajstić information content (AvgIpc) is 2.01. The molecule has 0 bridgehead atoms. The van der Waals surface area contributed by atoms with Gasteiger partial charge in [0, 0.05) is 6.04 Å². The van der Waals surface area contributed by atoms with E-state index < -0.39 is 0 Å². The van der Waals surface area contributed by atoms with Crippen molar-refractivity contribution in [1.29, 1.82) is 0 Å². The molecule has 2 N–H and O–H groups in total. The normalized spacial score (nSPS) is 31.0. The van der Waals surface area contributed by atoms with Crippen molar-refractivity contribution >= 4 is 0 Å². The molecule has 0 heterocycles. The molecule has 0 saturated heterocycles. The van der Waals surface area contributed by atoms with Crippen molar-refractivity contribution < 1.29 is 5.11 Å². The molecule has 0 aromatic heterocycles. The highest BCUT2D eigenvalue weighted by atomic mass is 16.3. The third-order valence-corrected chi connectivity index (χ3v) is 2.57. The summed E-state index contributed by atoms with van der Waals surface area (Å²) in [6, 6.07) is 0.573. The fourth-order valence-electron chi connectivity index (χ4n) is 1.85. The molecule has 1 aliphatic rings. The van der Waals surface area contributed by atoms with Gasteiger partial charge in [0.15, 0.2) is 0 Å². The topological polar surface area (TPSA) is 32.3 Å². The molecular formula is C10H21NO. The fraction of sp³-hybridized carbons (Fsp3) is 1.00. The van der Waals surface area contributed by atoms with E-state index in [9.17, 15) is 5.11 Å². The maximum atomic E-state index is 9.42. The van der Waals surface area contributed by atoms with Crippen molar-refractivity contribution in [2.45, 2.75) is 51.7 Å². The van der Waals surface area contributed by atoms with Crippen molar-refractivity contribution in [3.63, 3.8) is 0 Å². The van der Waals surface area contributed by atoms with Crippen LogP contribution in [0.1, 0.15) is 39.5 Å². The Morgan fingerprint density at radius 2 is 2.17 bits per heavy atom. The second kappa shape index (κ2) is 4.83. The van der Waals surface area contributed by atoms with Crippen LogP contribution in [-0.4, -0.2) is 23.8 Å². The lowest BCUT2D eigenvalue weighted by atomic mass is 9.87. The van der Waals surface area contributed by atoms with Crippen molar-refractivity contribution in [3.05, 3.63) is 0 Å². The van der Waals surface area contributed by atoms with Crippen LogP contribution >= 0.6 is 0 Å². The summed E-state index contributed by atoms with van der Waals surface area (Å²) in [4.78, 5) is 0. The van der Waals surface area contributed by atoms with Crippen molar-refractivity contribution in [2.24, 2.45) is 5.92 Å². The molecule has 0 spiro atoms. The third-order valence-electron chi connectivity index (χ3n) is 2.57. The summed E-state index contributed by atoms with van der Waals surface area (Å²) in [5, 5.41) is 12.8. The molecule has 2 nitrogen and oxygen atoms in total. The first-order valence-corrected chi connectivity index (χ1v) is 5.10. The monoisotopic (exact) mass is 171 g/mol. The Bertz CT molecular complexity index is 125. The van der Waals surface area contributed by atoms with Crippen molar-refractivity contribution in [3.8, 4) is 0 Å². The molecule has 0 aromatic carbocycles. The molecule has 0 radical (unpaired) electrons. The van der Waals surface area contributed by atoms with Gasteiger partial charge in [0.05, 0.1) is 6.10 Å². The van der Waals surface area contributed by atoms with E-state index >= 15 is 0 Å². The van der Waals surface area contributed by atoms with Crippen LogP contribution in [0.5, 0.6) is 0 Å². The molecule has 1 rings (SSSR count). The molecule has 2 atom stereocenters. The maximum absolute atomic E-state index is 9.42. The Kier molecular flexibility index (Phi) is 4.02. The van der Waals surface area contributed by atoms with Gasteiger partial charge in [-0.05, 0) is 31.7 Å². The minimum Gasteiger partial charge on any atom is -0.393 e. The zero-order valence-corrected chi connectivity index (χ0v) is 8.21. The van der Waals surface area contributed by atoms with E-state index in [2.05, 4.69) is 19.2 Å². The Morgan fingerprint density at radius 1 is 1.42 bits per heavy atom. The summed E-state index contributed by atoms with van der Waals surface area (Å²) in [5.74, 6) is 0.705. The van der Waals surface area contributed by atoms with E-state index in [0.717, 1.165) is 19.4 Å². The molecule has 1 aliphatic carbocycles. The highest BCUT2D eigenvalue weighted by Gasteiger charge is 2.19. The molecule has 0 amide bonds. The van der Waals surface area contributed by atoms with Gasteiger partial charge >= 0.3 is 0 Å². The largest absolute Gasteiger partial charge is 0.393 e. The first-order valence-electron chi connectivity index (χ1n) is 5.10. The second-order valence-corrected chi connectivity index (χ2v) is 4.25. The second-order valence-electron chi connectivity index (χ2n) is 4.25. The molecule has 72 valence electrons. The van der Waals surface area contributed by atoms with Crippen LogP contribution < -0.4 is 5.32 Å². The SMILES string of the molecule is CC(C)NCC1CCCC(O)C1. The van der Waals surface area contributed by atoms with Crippen LogP contribution in [0.4, 0.5) is 0 Å². The lowest BCUT2D eigenvalue weighted by Crippen LogP contribution is -2.32. The van der Waals surface area contributed by atoms with Gasteiger partial charge in [-0.3, -0.25) is 0 Å². The van der Waals surface area contributed by atoms with E-state index in [4.69, 9.17) is 0 Å². The van der Waals surface area contributed by atoms with E-state index in [1.54, 1.807) is 0 Å². The van der Waals surface area contributed by atoms with E-state index in [-0.39, 0.29) is 6.10 Å². The van der Waals surface area contributed by atoms with Crippen LogP contribution in [0.2, 0.25) is 0 Å². The number of aliphatic hydroxyl groups is 1. The van der Waals surface area contributed by atoms with Gasteiger partial charge in [-0.15, -0.1) is 0 Å². The van der Waals surface area contributed by atoms with Crippen LogP contribution in [0.25, 0.3) is 0 Å². The number of hydrogen-bond donors (Lipinski definition) is 2. The van der Waals surface area contributed by atoms with Gasteiger partial charge in [-0.25, -0.2) is 0 Å². The minimum atomic E-state index is -0.0299. The lowest BCUT2D eigenvalue weighted by Gasteiger charge is -2.26. The summed E-state index contributed by atoms with van der Waals surface area (Å²) in [5.41, 5.74) is 0. The third kappa shape index (κ3) is 3.55. The number of hydrogen-bond acceptors (Lipinski definition) is 2. The number of aliphatic hydroxyl groups excluding tert-OH is 1. The van der Waals surface area contributed by atoms with Crippen LogP contribution in [0, 0.1) is 5.92 Å². The van der Waals surface area contributed by atoms with Gasteiger partial charge in [0.2, 0.25) is 0 Å². The predicted octanol–water partition coefficient (Wildman–Crippen LogP) is 1.54. The smallest absolute Gasteiger partial charge is 0.0543 e. The predicted molar refractivity (Wildman–Crippen MR) is 51.1 cm³/mol. The summed E-state index contributed by atoms with van der Waals surface area (Å²) in [6.07, 6.45) is 4.47. The zero-order chi connectivity index (χ0) is 8.97. The summed E-state index contributed by atoms with van der Waals surface area (Å²) in [6.45, 7) is 5.41. The molecule has 0 aromatic rings. The first kappa shape index (κ1) is 10.0. The maximum Gasteiger partial charge on any atom is 0.0543 e.